The molecule has 3 heteroatoms. The first-order chi connectivity index (χ1) is 21.8. The Kier molecular flexibility index (Phi) is 6.47. The number of hydrogen-bond acceptors (Lipinski definition) is 3. The summed E-state index contributed by atoms with van der Waals surface area (Å²) in [6.45, 7) is 0. The van der Waals surface area contributed by atoms with E-state index in [4.69, 9.17) is 15.0 Å². The smallest absolute Gasteiger partial charge is 0.164 e. The van der Waals surface area contributed by atoms with Crippen molar-refractivity contribution >= 4 is 21.5 Å². The minimum absolute atomic E-state index is 0.650. The molecular weight excluding hydrogens is 534 g/mol. The molecule has 3 nitrogen and oxygen atoms in total. The average molecular weight is 562 g/mol. The lowest BCUT2D eigenvalue weighted by Crippen LogP contribution is -2.00. The Morgan fingerprint density at radius 3 is 1.36 bits per heavy atom. The summed E-state index contributed by atoms with van der Waals surface area (Å²) in [6.07, 6.45) is 0. The highest BCUT2D eigenvalue weighted by atomic mass is 15.0. The molecule has 0 aliphatic carbocycles. The van der Waals surface area contributed by atoms with Gasteiger partial charge >= 0.3 is 0 Å². The SMILES string of the molecule is c1ccc(-c2nc(-c3ccc4c(-c5ccccc5)cccc4c3)nc(-c3ccc4cccc(-c5ccccc5)c4c3)n2)cc1. The predicted molar refractivity (Wildman–Crippen MR) is 182 cm³/mol. The zero-order valence-corrected chi connectivity index (χ0v) is 23.9. The van der Waals surface area contributed by atoms with Gasteiger partial charge in [0.1, 0.15) is 0 Å². The molecular formula is C41H27N3. The number of rotatable bonds is 5. The molecule has 0 bridgehead atoms. The minimum atomic E-state index is 0.650. The van der Waals surface area contributed by atoms with E-state index in [0.29, 0.717) is 17.5 Å². The van der Waals surface area contributed by atoms with Crippen molar-refractivity contribution in [2.75, 3.05) is 0 Å². The van der Waals surface area contributed by atoms with E-state index < -0.39 is 0 Å². The number of hydrogen-bond donors (Lipinski definition) is 0. The molecule has 8 aromatic rings. The van der Waals surface area contributed by atoms with Gasteiger partial charge in [-0.25, -0.2) is 15.0 Å². The fraction of sp³-hybridized carbons (Fsp3) is 0. The van der Waals surface area contributed by atoms with Crippen LogP contribution in [0.25, 0.3) is 78.0 Å². The Hall–Kier alpha value is -5.93. The van der Waals surface area contributed by atoms with Gasteiger partial charge < -0.3 is 0 Å². The molecule has 206 valence electrons. The standard InChI is InChI=1S/C41H27N3/c1-4-12-28(13-5-1)35-20-11-19-32-26-33(24-25-37(32)35)40-42-39(31-16-8-3-9-17-31)43-41(44-40)34-23-22-30-18-10-21-36(38(30)27-34)29-14-6-2-7-15-29/h1-27H. The Labute approximate surface area is 256 Å². The second-order valence-corrected chi connectivity index (χ2v) is 10.9. The maximum absolute atomic E-state index is 5.07. The summed E-state index contributed by atoms with van der Waals surface area (Å²) in [4.78, 5) is 15.1. The second kappa shape index (κ2) is 11.0. The zero-order chi connectivity index (χ0) is 29.3. The van der Waals surface area contributed by atoms with Crippen LogP contribution in [0.4, 0.5) is 0 Å². The van der Waals surface area contributed by atoms with E-state index in [9.17, 15) is 0 Å². The third-order valence-corrected chi connectivity index (χ3v) is 8.12. The summed E-state index contributed by atoms with van der Waals surface area (Å²) in [5, 5.41) is 4.68. The highest BCUT2D eigenvalue weighted by Gasteiger charge is 2.15. The van der Waals surface area contributed by atoms with Crippen molar-refractivity contribution in [2.45, 2.75) is 0 Å². The monoisotopic (exact) mass is 561 g/mol. The molecule has 0 aliphatic rings. The van der Waals surface area contributed by atoms with Crippen molar-refractivity contribution in [1.82, 2.24) is 15.0 Å². The lowest BCUT2D eigenvalue weighted by Gasteiger charge is -2.12. The molecule has 0 atom stereocenters. The summed E-state index contributed by atoms with van der Waals surface area (Å²) >= 11 is 0. The third kappa shape index (κ3) is 4.81. The van der Waals surface area contributed by atoms with Crippen LogP contribution in [0.5, 0.6) is 0 Å². The molecule has 1 aromatic heterocycles. The Morgan fingerprint density at radius 2 is 0.750 bits per heavy atom. The van der Waals surface area contributed by atoms with Crippen molar-refractivity contribution in [1.29, 1.82) is 0 Å². The minimum Gasteiger partial charge on any atom is -0.208 e. The highest BCUT2D eigenvalue weighted by Crippen LogP contribution is 2.34. The van der Waals surface area contributed by atoms with Crippen LogP contribution in [0.15, 0.2) is 164 Å². The molecule has 0 saturated heterocycles. The van der Waals surface area contributed by atoms with Gasteiger partial charge in [0.2, 0.25) is 0 Å². The predicted octanol–water partition coefficient (Wildman–Crippen LogP) is 10.5. The Balaban J connectivity index is 1.30. The lowest BCUT2D eigenvalue weighted by molar-refractivity contribution is 1.08. The quantitative estimate of drug-likeness (QED) is 0.210. The van der Waals surface area contributed by atoms with Gasteiger partial charge in [0.25, 0.3) is 0 Å². The highest BCUT2D eigenvalue weighted by molar-refractivity contribution is 6.00. The summed E-state index contributed by atoms with van der Waals surface area (Å²) in [5.74, 6) is 1.95. The molecule has 0 aliphatic heterocycles. The Morgan fingerprint density at radius 1 is 0.273 bits per heavy atom. The molecule has 44 heavy (non-hydrogen) atoms. The van der Waals surface area contributed by atoms with Gasteiger partial charge in [-0.1, -0.05) is 152 Å². The first-order valence-corrected chi connectivity index (χ1v) is 14.8. The van der Waals surface area contributed by atoms with Gasteiger partial charge in [0.05, 0.1) is 0 Å². The Bertz CT molecular complexity index is 2260. The lowest BCUT2D eigenvalue weighted by atomic mass is 9.96. The first kappa shape index (κ1) is 25.8. The average Bonchev–Trinajstić information content (AvgIpc) is 3.11. The normalized spacial score (nSPS) is 11.2. The number of nitrogens with zero attached hydrogens (tertiary/aromatic N) is 3. The molecule has 1 heterocycles. The van der Waals surface area contributed by atoms with Crippen LogP contribution in [0.2, 0.25) is 0 Å². The van der Waals surface area contributed by atoms with Crippen molar-refractivity contribution in [3.63, 3.8) is 0 Å². The number of benzene rings is 7. The maximum Gasteiger partial charge on any atom is 0.164 e. The van der Waals surface area contributed by atoms with Gasteiger partial charge in [-0.2, -0.15) is 0 Å². The van der Waals surface area contributed by atoms with Crippen LogP contribution in [-0.4, -0.2) is 15.0 Å². The van der Waals surface area contributed by atoms with Gasteiger partial charge in [-0.05, 0) is 55.9 Å². The van der Waals surface area contributed by atoms with E-state index in [-0.39, 0.29) is 0 Å². The second-order valence-electron chi connectivity index (χ2n) is 10.9. The van der Waals surface area contributed by atoms with Gasteiger partial charge in [0, 0.05) is 16.7 Å². The van der Waals surface area contributed by atoms with Crippen LogP contribution in [0.1, 0.15) is 0 Å². The van der Waals surface area contributed by atoms with Gasteiger partial charge in [-0.3, -0.25) is 0 Å². The summed E-state index contributed by atoms with van der Waals surface area (Å²) < 4.78 is 0. The molecule has 0 N–H and O–H groups in total. The molecule has 0 radical (unpaired) electrons. The van der Waals surface area contributed by atoms with Crippen LogP contribution < -0.4 is 0 Å². The van der Waals surface area contributed by atoms with Gasteiger partial charge in [-0.15, -0.1) is 0 Å². The summed E-state index contributed by atoms with van der Waals surface area (Å²) in [6, 6.07) is 57.0. The largest absolute Gasteiger partial charge is 0.208 e. The summed E-state index contributed by atoms with van der Waals surface area (Å²) in [5.41, 5.74) is 7.64. The van der Waals surface area contributed by atoms with E-state index in [2.05, 4.69) is 121 Å². The molecule has 0 amide bonds. The molecule has 0 fully saturated rings. The van der Waals surface area contributed by atoms with Gasteiger partial charge in [0.15, 0.2) is 17.5 Å². The molecule has 0 saturated carbocycles. The fourth-order valence-electron chi connectivity index (χ4n) is 5.92. The van der Waals surface area contributed by atoms with E-state index in [0.717, 1.165) is 22.1 Å². The van der Waals surface area contributed by atoms with E-state index in [1.54, 1.807) is 0 Å². The van der Waals surface area contributed by atoms with Crippen LogP contribution in [0, 0.1) is 0 Å². The number of fused-ring (bicyclic) bond motifs is 2. The van der Waals surface area contributed by atoms with Crippen molar-refractivity contribution < 1.29 is 0 Å². The van der Waals surface area contributed by atoms with E-state index >= 15 is 0 Å². The van der Waals surface area contributed by atoms with Crippen LogP contribution in [0.3, 0.4) is 0 Å². The maximum atomic E-state index is 5.07. The molecule has 8 rings (SSSR count). The molecule has 0 unspecified atom stereocenters. The zero-order valence-electron chi connectivity index (χ0n) is 23.9. The van der Waals surface area contributed by atoms with Crippen molar-refractivity contribution in [3.05, 3.63) is 164 Å². The van der Waals surface area contributed by atoms with Crippen LogP contribution in [-0.2, 0) is 0 Å². The third-order valence-electron chi connectivity index (χ3n) is 8.12. The molecule has 7 aromatic carbocycles. The molecule has 0 spiro atoms. The van der Waals surface area contributed by atoms with E-state index in [1.165, 1.54) is 38.4 Å². The summed E-state index contributed by atoms with van der Waals surface area (Å²) in [7, 11) is 0. The number of aromatic nitrogens is 3. The van der Waals surface area contributed by atoms with Crippen molar-refractivity contribution in [2.24, 2.45) is 0 Å². The van der Waals surface area contributed by atoms with Crippen LogP contribution >= 0.6 is 0 Å². The first-order valence-electron chi connectivity index (χ1n) is 14.8. The topological polar surface area (TPSA) is 38.7 Å². The van der Waals surface area contributed by atoms with Crippen molar-refractivity contribution in [3.8, 4) is 56.4 Å². The van der Waals surface area contributed by atoms with E-state index in [1.807, 2.05) is 42.5 Å². The fourth-order valence-corrected chi connectivity index (χ4v) is 5.92.